The second kappa shape index (κ2) is 6.14. The van der Waals surface area contributed by atoms with Gasteiger partial charge < -0.3 is 9.80 Å². The molecule has 2 fully saturated rings. The van der Waals surface area contributed by atoms with Crippen LogP contribution in [0.25, 0.3) is 0 Å². The Kier molecular flexibility index (Phi) is 3.84. The summed E-state index contributed by atoms with van der Waals surface area (Å²) >= 11 is 0. The maximum atomic E-state index is 12.6. The van der Waals surface area contributed by atoms with Crippen molar-refractivity contribution in [3.05, 3.63) is 42.7 Å². The molecule has 24 heavy (non-hydrogen) atoms. The van der Waals surface area contributed by atoms with Crippen LogP contribution in [0, 0.1) is 5.41 Å². The van der Waals surface area contributed by atoms with E-state index in [0.717, 1.165) is 51.4 Å². The van der Waals surface area contributed by atoms with Crippen LogP contribution in [0.1, 0.15) is 29.8 Å². The lowest BCUT2D eigenvalue weighted by Crippen LogP contribution is -2.46. The SMILES string of the molecule is O=C(c1cnccn1)N1CC[C@]2(CCCN(c3ncccn3)C2)C1. The molecule has 0 aliphatic carbocycles. The Hall–Kier alpha value is -2.57. The number of piperidine rings is 1. The molecule has 0 bridgehead atoms. The summed E-state index contributed by atoms with van der Waals surface area (Å²) in [5.41, 5.74) is 0.559. The van der Waals surface area contributed by atoms with E-state index in [9.17, 15) is 4.79 Å². The molecule has 2 aliphatic heterocycles. The van der Waals surface area contributed by atoms with Gasteiger partial charge in [0.05, 0.1) is 6.20 Å². The first-order chi connectivity index (χ1) is 11.8. The van der Waals surface area contributed by atoms with Crippen molar-refractivity contribution >= 4 is 11.9 Å². The Labute approximate surface area is 140 Å². The van der Waals surface area contributed by atoms with E-state index in [-0.39, 0.29) is 11.3 Å². The fraction of sp³-hybridized carbons (Fsp3) is 0.471. The normalized spacial score (nSPS) is 23.7. The van der Waals surface area contributed by atoms with E-state index in [1.165, 1.54) is 6.20 Å². The fourth-order valence-electron chi connectivity index (χ4n) is 3.85. The second-order valence-electron chi connectivity index (χ2n) is 6.64. The molecule has 2 aromatic rings. The number of carbonyl (C=O) groups is 1. The highest BCUT2D eigenvalue weighted by Gasteiger charge is 2.43. The molecule has 1 spiro atoms. The van der Waals surface area contributed by atoms with Gasteiger partial charge in [0.15, 0.2) is 0 Å². The largest absolute Gasteiger partial charge is 0.340 e. The minimum atomic E-state index is -0.0203. The van der Waals surface area contributed by atoms with Gasteiger partial charge in [-0.3, -0.25) is 9.78 Å². The average molecular weight is 324 g/mol. The van der Waals surface area contributed by atoms with E-state index in [2.05, 4.69) is 24.8 Å². The number of aromatic nitrogens is 4. The minimum Gasteiger partial charge on any atom is -0.340 e. The zero-order valence-corrected chi connectivity index (χ0v) is 13.5. The lowest BCUT2D eigenvalue weighted by atomic mass is 9.79. The Balaban J connectivity index is 1.48. The molecule has 7 nitrogen and oxygen atoms in total. The van der Waals surface area contributed by atoms with E-state index in [1.54, 1.807) is 24.8 Å². The third-order valence-corrected chi connectivity index (χ3v) is 5.00. The van der Waals surface area contributed by atoms with Crippen molar-refractivity contribution < 1.29 is 4.79 Å². The molecular formula is C17H20N6O. The summed E-state index contributed by atoms with van der Waals surface area (Å²) in [5.74, 6) is 0.767. The van der Waals surface area contributed by atoms with Crippen molar-refractivity contribution in [3.63, 3.8) is 0 Å². The summed E-state index contributed by atoms with van der Waals surface area (Å²) in [4.78, 5) is 33.7. The molecule has 2 aliphatic rings. The molecule has 0 aromatic carbocycles. The van der Waals surface area contributed by atoms with Gasteiger partial charge in [0.25, 0.3) is 5.91 Å². The fourth-order valence-corrected chi connectivity index (χ4v) is 3.85. The van der Waals surface area contributed by atoms with Crippen molar-refractivity contribution in [1.29, 1.82) is 0 Å². The Morgan fingerprint density at radius 2 is 1.88 bits per heavy atom. The molecule has 2 saturated heterocycles. The molecule has 0 N–H and O–H groups in total. The zero-order chi connectivity index (χ0) is 16.4. The monoisotopic (exact) mass is 324 g/mol. The van der Waals surface area contributed by atoms with Gasteiger partial charge in [0.1, 0.15) is 5.69 Å². The van der Waals surface area contributed by atoms with Crippen LogP contribution in [0.5, 0.6) is 0 Å². The van der Waals surface area contributed by atoms with Gasteiger partial charge in [0, 0.05) is 56.4 Å². The van der Waals surface area contributed by atoms with Crippen LogP contribution in [0.4, 0.5) is 5.95 Å². The van der Waals surface area contributed by atoms with Crippen LogP contribution in [-0.4, -0.2) is 56.9 Å². The van der Waals surface area contributed by atoms with Crippen molar-refractivity contribution in [2.24, 2.45) is 5.41 Å². The van der Waals surface area contributed by atoms with Crippen LogP contribution in [0.15, 0.2) is 37.1 Å². The van der Waals surface area contributed by atoms with Gasteiger partial charge in [-0.15, -0.1) is 0 Å². The quantitative estimate of drug-likeness (QED) is 0.831. The molecule has 4 rings (SSSR count). The first-order valence-electron chi connectivity index (χ1n) is 8.33. The zero-order valence-electron chi connectivity index (χ0n) is 13.5. The van der Waals surface area contributed by atoms with Crippen molar-refractivity contribution in [3.8, 4) is 0 Å². The highest BCUT2D eigenvalue weighted by Crippen LogP contribution is 2.40. The van der Waals surface area contributed by atoms with Gasteiger partial charge in [-0.1, -0.05) is 0 Å². The summed E-state index contributed by atoms with van der Waals surface area (Å²) in [7, 11) is 0. The Bertz CT molecular complexity index is 710. The summed E-state index contributed by atoms with van der Waals surface area (Å²) in [6, 6.07) is 1.83. The molecule has 124 valence electrons. The van der Waals surface area contributed by atoms with E-state index in [1.807, 2.05) is 11.0 Å². The van der Waals surface area contributed by atoms with Gasteiger partial charge in [-0.2, -0.15) is 0 Å². The first kappa shape index (κ1) is 15.0. The number of likely N-dealkylation sites (tertiary alicyclic amines) is 1. The maximum absolute atomic E-state index is 12.6. The number of rotatable bonds is 2. The van der Waals surface area contributed by atoms with E-state index in [0.29, 0.717) is 5.69 Å². The van der Waals surface area contributed by atoms with Crippen LogP contribution in [-0.2, 0) is 0 Å². The van der Waals surface area contributed by atoms with E-state index in [4.69, 9.17) is 0 Å². The van der Waals surface area contributed by atoms with Crippen molar-refractivity contribution in [2.75, 3.05) is 31.1 Å². The predicted molar refractivity (Wildman–Crippen MR) is 88.5 cm³/mol. The van der Waals surface area contributed by atoms with Crippen LogP contribution in [0.2, 0.25) is 0 Å². The van der Waals surface area contributed by atoms with E-state index < -0.39 is 0 Å². The Morgan fingerprint density at radius 3 is 2.67 bits per heavy atom. The topological polar surface area (TPSA) is 75.1 Å². The third kappa shape index (κ3) is 2.81. The predicted octanol–water partition coefficient (Wildman–Crippen LogP) is 1.40. The van der Waals surface area contributed by atoms with Crippen molar-refractivity contribution in [2.45, 2.75) is 19.3 Å². The standard InChI is InChI=1S/C17H20N6O/c24-15(14-11-18-7-8-19-14)22-10-4-17(12-22)3-1-9-23(13-17)16-20-5-2-6-21-16/h2,5-8,11H,1,3-4,9-10,12-13H2/t17-/m1/s1. The first-order valence-corrected chi connectivity index (χ1v) is 8.33. The molecule has 1 amide bonds. The molecule has 0 saturated carbocycles. The van der Waals surface area contributed by atoms with Gasteiger partial charge in [-0.25, -0.2) is 15.0 Å². The van der Waals surface area contributed by atoms with E-state index >= 15 is 0 Å². The van der Waals surface area contributed by atoms with Gasteiger partial charge >= 0.3 is 0 Å². The van der Waals surface area contributed by atoms with Gasteiger partial charge in [-0.05, 0) is 25.3 Å². The number of carbonyl (C=O) groups excluding carboxylic acids is 1. The second-order valence-corrected chi connectivity index (χ2v) is 6.64. The maximum Gasteiger partial charge on any atom is 0.274 e. The van der Waals surface area contributed by atoms with Gasteiger partial charge in [0.2, 0.25) is 5.95 Å². The number of anilines is 1. The molecule has 7 heteroatoms. The minimum absolute atomic E-state index is 0.0203. The lowest BCUT2D eigenvalue weighted by molar-refractivity contribution is 0.0761. The molecule has 2 aromatic heterocycles. The Morgan fingerprint density at radius 1 is 1.00 bits per heavy atom. The molecule has 1 atom stereocenters. The van der Waals surface area contributed by atoms with Crippen LogP contribution >= 0.6 is 0 Å². The summed E-state index contributed by atoms with van der Waals surface area (Å²) in [6.07, 6.45) is 11.5. The molecule has 0 unspecified atom stereocenters. The number of amides is 1. The number of nitrogens with zero attached hydrogens (tertiary/aromatic N) is 6. The third-order valence-electron chi connectivity index (χ3n) is 5.00. The highest BCUT2D eigenvalue weighted by atomic mass is 16.2. The number of hydrogen-bond donors (Lipinski definition) is 0. The smallest absolute Gasteiger partial charge is 0.274 e. The average Bonchev–Trinajstić information content (AvgIpc) is 3.06. The summed E-state index contributed by atoms with van der Waals surface area (Å²) < 4.78 is 0. The van der Waals surface area contributed by atoms with Crippen molar-refractivity contribution in [1.82, 2.24) is 24.8 Å². The van der Waals surface area contributed by atoms with Crippen LogP contribution < -0.4 is 4.90 Å². The lowest BCUT2D eigenvalue weighted by Gasteiger charge is -2.40. The summed E-state index contributed by atoms with van der Waals surface area (Å²) in [5, 5.41) is 0. The molecule has 4 heterocycles. The highest BCUT2D eigenvalue weighted by molar-refractivity contribution is 5.92. The van der Waals surface area contributed by atoms with Crippen LogP contribution in [0.3, 0.4) is 0 Å². The number of hydrogen-bond acceptors (Lipinski definition) is 6. The summed E-state index contributed by atoms with van der Waals surface area (Å²) in [6.45, 7) is 3.43. The molecule has 0 radical (unpaired) electrons. The molecular weight excluding hydrogens is 304 g/mol.